The highest BCUT2D eigenvalue weighted by Gasteiger charge is 2.48. The first-order valence-electron chi connectivity index (χ1n) is 14.4. The molecule has 0 bridgehead atoms. The number of hydrogen-bond donors (Lipinski definition) is 1. The van der Waals surface area contributed by atoms with E-state index < -0.39 is 17.7 Å². The van der Waals surface area contributed by atoms with Gasteiger partial charge in [-0.15, -0.1) is 10.2 Å². The Morgan fingerprint density at radius 1 is 1.02 bits per heavy atom. The van der Waals surface area contributed by atoms with E-state index in [1.165, 1.54) is 28.0 Å². The third kappa shape index (κ3) is 6.24. The lowest BCUT2D eigenvalue weighted by Gasteiger charge is -2.23. The normalized spacial score (nSPS) is 15.8. The minimum Gasteiger partial charge on any atom is -0.507 e. The summed E-state index contributed by atoms with van der Waals surface area (Å²) >= 11 is 8.77. The zero-order valence-electron chi connectivity index (χ0n) is 24.7. The van der Waals surface area contributed by atoms with E-state index in [9.17, 15) is 14.7 Å². The summed E-state index contributed by atoms with van der Waals surface area (Å²) in [5, 5.41) is 23.2. The van der Waals surface area contributed by atoms with E-state index in [4.69, 9.17) is 21.1 Å². The van der Waals surface area contributed by atoms with Crippen LogP contribution in [0.4, 0.5) is 5.13 Å². The summed E-state index contributed by atoms with van der Waals surface area (Å²) in [5.74, 6) is -0.471. The molecule has 1 unspecified atom stereocenters. The third-order valence-corrected chi connectivity index (χ3v) is 9.69. The second-order valence-electron chi connectivity index (χ2n) is 10.2. The fraction of sp³-hybridized carbons (Fsp3) is 0.143. The molecule has 1 N–H and O–H groups in total. The van der Waals surface area contributed by atoms with Gasteiger partial charge in [-0.1, -0.05) is 95.9 Å². The van der Waals surface area contributed by atoms with Gasteiger partial charge in [0.25, 0.3) is 5.78 Å². The molecule has 0 spiro atoms. The zero-order chi connectivity index (χ0) is 32.2. The van der Waals surface area contributed by atoms with Crippen molar-refractivity contribution in [2.75, 3.05) is 18.1 Å². The van der Waals surface area contributed by atoms with Crippen molar-refractivity contribution in [2.24, 2.45) is 0 Å². The number of hydrogen-bond acceptors (Lipinski definition) is 9. The van der Waals surface area contributed by atoms with Gasteiger partial charge in [-0.25, -0.2) is 0 Å². The maximum absolute atomic E-state index is 13.7. The molecule has 2 heterocycles. The highest BCUT2D eigenvalue weighted by Crippen LogP contribution is 2.46. The molecule has 0 saturated carbocycles. The van der Waals surface area contributed by atoms with E-state index >= 15 is 0 Å². The number of aliphatic hydroxyl groups is 1. The number of rotatable bonds is 11. The van der Waals surface area contributed by atoms with Crippen molar-refractivity contribution in [1.29, 1.82) is 0 Å². The van der Waals surface area contributed by atoms with Crippen LogP contribution in [0, 0.1) is 0 Å². The van der Waals surface area contributed by atoms with Gasteiger partial charge in [0.2, 0.25) is 5.13 Å². The fourth-order valence-corrected chi connectivity index (χ4v) is 7.25. The Bertz CT molecular complexity index is 1970. The summed E-state index contributed by atoms with van der Waals surface area (Å²) in [7, 11) is 0. The summed E-state index contributed by atoms with van der Waals surface area (Å²) < 4.78 is 12.3. The maximum Gasteiger partial charge on any atom is 0.301 e. The van der Waals surface area contributed by atoms with Crippen molar-refractivity contribution in [1.82, 2.24) is 10.2 Å². The molecular formula is C35H28ClN3O5S2. The van der Waals surface area contributed by atoms with Crippen LogP contribution in [-0.2, 0) is 15.3 Å². The lowest BCUT2D eigenvalue weighted by atomic mass is 9.95. The van der Waals surface area contributed by atoms with E-state index in [-0.39, 0.29) is 23.1 Å². The van der Waals surface area contributed by atoms with Crippen LogP contribution < -0.4 is 14.4 Å². The first-order chi connectivity index (χ1) is 22.4. The highest BCUT2D eigenvalue weighted by molar-refractivity contribution is 8.00. The largest absolute Gasteiger partial charge is 0.507 e. The molecule has 1 fully saturated rings. The van der Waals surface area contributed by atoms with Gasteiger partial charge in [-0.2, -0.15) is 0 Å². The number of thioether (sulfide) groups is 1. The van der Waals surface area contributed by atoms with Crippen LogP contribution in [0.25, 0.3) is 16.5 Å². The fourth-order valence-electron chi connectivity index (χ4n) is 5.26. The number of Topliss-reactive ketones (excluding diaryl/α,β-unsaturated/α-hetero) is 1. The van der Waals surface area contributed by atoms with Crippen LogP contribution in [0.15, 0.2) is 107 Å². The van der Waals surface area contributed by atoms with Gasteiger partial charge in [0.1, 0.15) is 12.4 Å². The van der Waals surface area contributed by atoms with E-state index in [1.54, 1.807) is 48.5 Å². The number of aromatic nitrogens is 2. The number of ketones is 1. The quantitative estimate of drug-likeness (QED) is 0.0375. The molecule has 1 atom stereocenters. The molecule has 1 aliphatic rings. The Labute approximate surface area is 278 Å². The molecule has 232 valence electrons. The number of aliphatic hydroxyl groups excluding tert-OH is 1. The van der Waals surface area contributed by atoms with Crippen LogP contribution in [-0.4, -0.2) is 40.2 Å². The van der Waals surface area contributed by atoms with Crippen LogP contribution in [0.1, 0.15) is 29.7 Å². The number of benzene rings is 4. The topological polar surface area (TPSA) is 102 Å². The van der Waals surface area contributed by atoms with Gasteiger partial charge >= 0.3 is 5.91 Å². The van der Waals surface area contributed by atoms with Crippen LogP contribution in [0.2, 0.25) is 5.02 Å². The standard InChI is InChI=1S/C35H28ClN3O5S2/c1-3-18-44-27-17-14-23(19-28(27)43-4-2)30-29(31(40)22-12-15-25(36)16-13-22)32(41)33(42)39(30)34-37-38-35(46-34)45-20-24-10-7-9-21-8-5-6-11-26(21)24/h3,5-17,19,30,40H,1,4,18,20H2,2H3/b31-29+. The van der Waals surface area contributed by atoms with Crippen molar-refractivity contribution in [3.05, 3.63) is 125 Å². The van der Waals surface area contributed by atoms with E-state index in [0.717, 1.165) is 16.3 Å². The van der Waals surface area contributed by atoms with Crippen molar-refractivity contribution in [2.45, 2.75) is 23.1 Å². The number of amides is 1. The first kappa shape index (κ1) is 31.3. The van der Waals surface area contributed by atoms with Crippen LogP contribution >= 0.6 is 34.7 Å². The number of carbonyl (C=O) groups is 2. The number of fused-ring (bicyclic) bond motifs is 1. The van der Waals surface area contributed by atoms with Crippen LogP contribution in [0.5, 0.6) is 11.5 Å². The lowest BCUT2D eigenvalue weighted by molar-refractivity contribution is -0.132. The monoisotopic (exact) mass is 669 g/mol. The molecule has 5 aromatic rings. The number of anilines is 1. The number of carbonyl (C=O) groups excluding carboxylic acids is 2. The molecule has 1 saturated heterocycles. The van der Waals surface area contributed by atoms with Crippen molar-refractivity contribution in [3.63, 3.8) is 0 Å². The summed E-state index contributed by atoms with van der Waals surface area (Å²) in [5.41, 5.74) is 1.91. The van der Waals surface area contributed by atoms with Crippen molar-refractivity contribution in [3.8, 4) is 11.5 Å². The summed E-state index contributed by atoms with van der Waals surface area (Å²) in [6.45, 7) is 6.16. The Kier molecular flexibility index (Phi) is 9.39. The molecule has 1 amide bonds. The Balaban J connectivity index is 1.40. The van der Waals surface area contributed by atoms with E-state index in [1.807, 2.05) is 25.1 Å². The average Bonchev–Trinajstić information content (AvgIpc) is 3.64. The maximum atomic E-state index is 13.7. The molecule has 0 aliphatic carbocycles. The Morgan fingerprint density at radius 2 is 1.80 bits per heavy atom. The Hall–Kier alpha value is -4.64. The Morgan fingerprint density at radius 3 is 2.59 bits per heavy atom. The van der Waals surface area contributed by atoms with Gasteiger partial charge in [0.05, 0.1) is 18.2 Å². The molecule has 1 aromatic heterocycles. The van der Waals surface area contributed by atoms with Crippen LogP contribution in [0.3, 0.4) is 0 Å². The predicted molar refractivity (Wildman–Crippen MR) is 183 cm³/mol. The molecular weight excluding hydrogens is 642 g/mol. The molecule has 0 radical (unpaired) electrons. The number of halogens is 1. The lowest BCUT2D eigenvalue weighted by Crippen LogP contribution is -2.29. The molecule has 8 nitrogen and oxygen atoms in total. The third-order valence-electron chi connectivity index (χ3n) is 7.34. The van der Waals surface area contributed by atoms with Crippen molar-refractivity contribution >= 4 is 68.1 Å². The zero-order valence-corrected chi connectivity index (χ0v) is 27.1. The number of ether oxygens (including phenoxy) is 2. The highest BCUT2D eigenvalue weighted by atomic mass is 35.5. The van der Waals surface area contributed by atoms with Gasteiger partial charge in [0.15, 0.2) is 15.8 Å². The molecule has 1 aliphatic heterocycles. The first-order valence-corrected chi connectivity index (χ1v) is 16.6. The minimum absolute atomic E-state index is 0.0883. The second kappa shape index (κ2) is 13.8. The summed E-state index contributed by atoms with van der Waals surface area (Å²) in [6, 6.07) is 24.8. The second-order valence-corrected chi connectivity index (χ2v) is 12.8. The minimum atomic E-state index is -1.02. The van der Waals surface area contributed by atoms with Gasteiger partial charge in [-0.3, -0.25) is 14.5 Å². The molecule has 6 rings (SSSR count). The van der Waals surface area contributed by atoms with Gasteiger partial charge in [0, 0.05) is 16.3 Å². The van der Waals surface area contributed by atoms with Gasteiger partial charge < -0.3 is 14.6 Å². The predicted octanol–water partition coefficient (Wildman–Crippen LogP) is 8.23. The smallest absolute Gasteiger partial charge is 0.301 e. The molecule has 4 aromatic carbocycles. The van der Waals surface area contributed by atoms with Crippen molar-refractivity contribution < 1.29 is 24.2 Å². The van der Waals surface area contributed by atoms with E-state index in [0.29, 0.717) is 44.3 Å². The SMILES string of the molecule is C=CCOc1ccc(C2/C(=C(\O)c3ccc(Cl)cc3)C(=O)C(=O)N2c2nnc(SCc3cccc4ccccc34)s2)cc1OCC. The summed E-state index contributed by atoms with van der Waals surface area (Å²) in [4.78, 5) is 28.7. The summed E-state index contributed by atoms with van der Waals surface area (Å²) in [6.07, 6.45) is 1.62. The average molecular weight is 670 g/mol. The molecule has 11 heteroatoms. The van der Waals surface area contributed by atoms with Gasteiger partial charge in [-0.05, 0) is 65.2 Å². The van der Waals surface area contributed by atoms with E-state index in [2.05, 4.69) is 41.0 Å². The molecule has 46 heavy (non-hydrogen) atoms. The number of nitrogens with zero attached hydrogens (tertiary/aromatic N) is 3.